The van der Waals surface area contributed by atoms with Gasteiger partial charge >= 0.3 is 5.97 Å². The predicted molar refractivity (Wildman–Crippen MR) is 89.2 cm³/mol. The summed E-state index contributed by atoms with van der Waals surface area (Å²) in [5, 5.41) is 0. The number of carbonyl (C=O) groups excluding carboxylic acids is 1. The van der Waals surface area contributed by atoms with Crippen LogP contribution in [0.5, 0.6) is 0 Å². The van der Waals surface area contributed by atoms with E-state index in [4.69, 9.17) is 4.74 Å². The number of esters is 1. The van der Waals surface area contributed by atoms with Crippen molar-refractivity contribution in [3.05, 3.63) is 59.7 Å². The predicted octanol–water partition coefficient (Wildman–Crippen LogP) is 3.00. The van der Waals surface area contributed by atoms with E-state index in [0.717, 1.165) is 0 Å². The van der Waals surface area contributed by atoms with Gasteiger partial charge in [0.2, 0.25) is 0 Å². The van der Waals surface area contributed by atoms with Crippen molar-refractivity contribution in [1.29, 1.82) is 0 Å². The van der Waals surface area contributed by atoms with Crippen molar-refractivity contribution in [2.75, 3.05) is 18.0 Å². The number of hydrogen-bond donors (Lipinski definition) is 0. The molecule has 23 heavy (non-hydrogen) atoms. The molecule has 2 aromatic carbocycles. The van der Waals surface area contributed by atoms with Crippen LogP contribution in [-0.2, 0) is 14.8 Å². The van der Waals surface area contributed by atoms with Crippen molar-refractivity contribution in [3.8, 4) is 0 Å². The Morgan fingerprint density at radius 2 is 1.78 bits per heavy atom. The SMILES string of the molecule is CCOC(=O)c1ccc(N(C)S(=O)(=O)c2ccccc2)c(C)c1. The van der Waals surface area contributed by atoms with Gasteiger partial charge in [-0.05, 0) is 49.7 Å². The maximum atomic E-state index is 12.6. The fraction of sp³-hybridized carbons (Fsp3) is 0.235. The molecule has 2 aromatic rings. The first-order chi connectivity index (χ1) is 10.9. The van der Waals surface area contributed by atoms with Gasteiger partial charge in [0.1, 0.15) is 0 Å². The van der Waals surface area contributed by atoms with Gasteiger partial charge in [-0.3, -0.25) is 4.31 Å². The third-order valence-corrected chi connectivity index (χ3v) is 5.23. The number of hydrogen-bond acceptors (Lipinski definition) is 4. The van der Waals surface area contributed by atoms with Crippen molar-refractivity contribution in [2.45, 2.75) is 18.7 Å². The highest BCUT2D eigenvalue weighted by Gasteiger charge is 2.22. The number of ether oxygens (including phenoxy) is 1. The molecule has 0 radical (unpaired) electrons. The minimum Gasteiger partial charge on any atom is -0.462 e. The Labute approximate surface area is 136 Å². The summed E-state index contributed by atoms with van der Waals surface area (Å²) in [5.74, 6) is -0.421. The number of benzene rings is 2. The van der Waals surface area contributed by atoms with Crippen LogP contribution in [-0.4, -0.2) is 28.0 Å². The summed E-state index contributed by atoms with van der Waals surface area (Å²) in [5.41, 5.74) is 1.60. The van der Waals surface area contributed by atoms with Gasteiger partial charge < -0.3 is 4.74 Å². The molecule has 6 heteroatoms. The zero-order chi connectivity index (χ0) is 17.0. The smallest absolute Gasteiger partial charge is 0.338 e. The maximum absolute atomic E-state index is 12.6. The topological polar surface area (TPSA) is 63.7 Å². The molecule has 0 aliphatic heterocycles. The second-order valence-corrected chi connectivity index (χ2v) is 6.98. The van der Waals surface area contributed by atoms with Crippen LogP contribution in [0.15, 0.2) is 53.4 Å². The van der Waals surface area contributed by atoms with Gasteiger partial charge in [0, 0.05) is 7.05 Å². The van der Waals surface area contributed by atoms with Crippen molar-refractivity contribution in [2.24, 2.45) is 0 Å². The van der Waals surface area contributed by atoms with E-state index in [1.54, 1.807) is 62.4 Å². The van der Waals surface area contributed by atoms with E-state index >= 15 is 0 Å². The molecule has 0 bridgehead atoms. The summed E-state index contributed by atoms with van der Waals surface area (Å²) in [7, 11) is -2.15. The van der Waals surface area contributed by atoms with Crippen molar-refractivity contribution >= 4 is 21.7 Å². The lowest BCUT2D eigenvalue weighted by Crippen LogP contribution is -2.27. The molecular weight excluding hydrogens is 314 g/mol. The van der Waals surface area contributed by atoms with Crippen LogP contribution in [0.3, 0.4) is 0 Å². The Morgan fingerprint density at radius 3 is 2.35 bits per heavy atom. The Hall–Kier alpha value is -2.34. The van der Waals surface area contributed by atoms with Crippen molar-refractivity contribution in [1.82, 2.24) is 0 Å². The monoisotopic (exact) mass is 333 g/mol. The second-order valence-electron chi connectivity index (χ2n) is 5.01. The molecule has 122 valence electrons. The fourth-order valence-corrected chi connectivity index (χ4v) is 3.51. The van der Waals surface area contributed by atoms with Gasteiger partial charge in [0.15, 0.2) is 0 Å². The summed E-state index contributed by atoms with van der Waals surface area (Å²) < 4.78 is 31.4. The molecule has 0 amide bonds. The largest absolute Gasteiger partial charge is 0.462 e. The number of aryl methyl sites for hydroxylation is 1. The molecule has 0 spiro atoms. The molecule has 0 aromatic heterocycles. The molecule has 0 unspecified atom stereocenters. The Morgan fingerprint density at radius 1 is 1.13 bits per heavy atom. The minimum atomic E-state index is -3.64. The van der Waals surface area contributed by atoms with E-state index < -0.39 is 16.0 Å². The lowest BCUT2D eigenvalue weighted by atomic mass is 10.1. The second kappa shape index (κ2) is 6.83. The van der Waals surface area contributed by atoms with Crippen LogP contribution in [0.2, 0.25) is 0 Å². The van der Waals surface area contributed by atoms with Crippen LogP contribution in [0.1, 0.15) is 22.8 Å². The summed E-state index contributed by atoms with van der Waals surface area (Å²) in [6.07, 6.45) is 0. The molecule has 2 rings (SSSR count). The van der Waals surface area contributed by atoms with Crippen LogP contribution < -0.4 is 4.31 Å². The van der Waals surface area contributed by atoms with Crippen molar-refractivity contribution in [3.63, 3.8) is 0 Å². The van der Waals surface area contributed by atoms with E-state index in [-0.39, 0.29) is 4.90 Å². The van der Waals surface area contributed by atoms with E-state index in [1.807, 2.05) is 0 Å². The number of anilines is 1. The van der Waals surface area contributed by atoms with Gasteiger partial charge in [-0.15, -0.1) is 0 Å². The van der Waals surface area contributed by atoms with Gasteiger partial charge in [0.05, 0.1) is 22.8 Å². The first-order valence-electron chi connectivity index (χ1n) is 7.19. The maximum Gasteiger partial charge on any atom is 0.338 e. The van der Waals surface area contributed by atoms with Crippen LogP contribution >= 0.6 is 0 Å². The van der Waals surface area contributed by atoms with Crippen LogP contribution in [0.4, 0.5) is 5.69 Å². The van der Waals surface area contributed by atoms with Gasteiger partial charge in [-0.25, -0.2) is 13.2 Å². The summed E-state index contributed by atoms with van der Waals surface area (Å²) in [4.78, 5) is 12.0. The zero-order valence-corrected chi connectivity index (χ0v) is 14.1. The van der Waals surface area contributed by atoms with Gasteiger partial charge in [-0.1, -0.05) is 18.2 Å². The number of carbonyl (C=O) groups is 1. The summed E-state index contributed by atoms with van der Waals surface area (Å²) in [6, 6.07) is 13.0. The number of rotatable bonds is 5. The Kier molecular flexibility index (Phi) is 5.05. The lowest BCUT2D eigenvalue weighted by Gasteiger charge is -2.21. The quantitative estimate of drug-likeness (QED) is 0.789. The molecule has 0 heterocycles. The van der Waals surface area contributed by atoms with E-state index in [9.17, 15) is 13.2 Å². The Bertz CT molecular complexity index is 801. The van der Waals surface area contributed by atoms with E-state index in [0.29, 0.717) is 23.4 Å². The first-order valence-corrected chi connectivity index (χ1v) is 8.63. The molecule has 0 fully saturated rings. The number of nitrogens with zero attached hydrogens (tertiary/aromatic N) is 1. The van der Waals surface area contributed by atoms with Gasteiger partial charge in [-0.2, -0.15) is 0 Å². The minimum absolute atomic E-state index is 0.219. The van der Waals surface area contributed by atoms with Crippen LogP contribution in [0.25, 0.3) is 0 Å². The molecular formula is C17H19NO4S. The molecule has 0 saturated carbocycles. The highest BCUT2D eigenvalue weighted by atomic mass is 32.2. The summed E-state index contributed by atoms with van der Waals surface area (Å²) in [6.45, 7) is 3.79. The van der Waals surface area contributed by atoms with E-state index in [1.165, 1.54) is 11.4 Å². The lowest BCUT2D eigenvalue weighted by molar-refractivity contribution is 0.0526. The molecule has 5 nitrogen and oxygen atoms in total. The average molecular weight is 333 g/mol. The van der Waals surface area contributed by atoms with Gasteiger partial charge in [0.25, 0.3) is 10.0 Å². The fourth-order valence-electron chi connectivity index (χ4n) is 2.23. The first kappa shape index (κ1) is 17.0. The molecule has 0 aliphatic rings. The number of sulfonamides is 1. The zero-order valence-electron chi connectivity index (χ0n) is 13.3. The molecule has 0 saturated heterocycles. The Balaban J connectivity index is 2.37. The molecule has 0 aliphatic carbocycles. The third-order valence-electron chi connectivity index (χ3n) is 3.45. The summed E-state index contributed by atoms with van der Waals surface area (Å²) >= 11 is 0. The third kappa shape index (κ3) is 3.53. The van der Waals surface area contributed by atoms with Crippen LogP contribution in [0, 0.1) is 6.92 Å². The standard InChI is InChI=1S/C17H19NO4S/c1-4-22-17(19)14-10-11-16(13(2)12-14)18(3)23(20,21)15-8-6-5-7-9-15/h5-12H,4H2,1-3H3. The highest BCUT2D eigenvalue weighted by molar-refractivity contribution is 7.92. The highest BCUT2D eigenvalue weighted by Crippen LogP contribution is 2.26. The van der Waals surface area contributed by atoms with Crippen molar-refractivity contribution < 1.29 is 17.9 Å². The van der Waals surface area contributed by atoms with E-state index in [2.05, 4.69) is 0 Å². The molecule has 0 atom stereocenters. The molecule has 0 N–H and O–H groups in total. The average Bonchev–Trinajstić information content (AvgIpc) is 2.55. The normalized spacial score (nSPS) is 11.1.